The van der Waals surface area contributed by atoms with Gasteiger partial charge < -0.3 is 15.5 Å². The minimum absolute atomic E-state index is 0.0205. The molecule has 2 amide bonds. The lowest BCUT2D eigenvalue weighted by atomic mass is 10.1. The Labute approximate surface area is 141 Å². The Morgan fingerprint density at radius 1 is 1.39 bits per heavy atom. The highest BCUT2D eigenvalue weighted by Gasteiger charge is 2.20. The van der Waals surface area contributed by atoms with E-state index in [0.717, 1.165) is 48.8 Å². The average molecular weight is 333 g/mol. The summed E-state index contributed by atoms with van der Waals surface area (Å²) in [6, 6.07) is 7.84. The molecular formula is C17H23N3O2S. The first kappa shape index (κ1) is 16.3. The van der Waals surface area contributed by atoms with Gasteiger partial charge in [0.05, 0.1) is 0 Å². The van der Waals surface area contributed by atoms with Crippen LogP contribution in [0, 0.1) is 0 Å². The number of carbonyl (C=O) groups is 2. The van der Waals surface area contributed by atoms with Gasteiger partial charge in [0.1, 0.15) is 0 Å². The maximum Gasteiger partial charge on any atom is 0.226 e. The number of rotatable bonds is 4. The Kier molecular flexibility index (Phi) is 5.56. The number of piperidine rings is 1. The van der Waals surface area contributed by atoms with Crippen LogP contribution < -0.4 is 15.5 Å². The zero-order valence-corrected chi connectivity index (χ0v) is 14.0. The van der Waals surface area contributed by atoms with Crippen LogP contribution >= 0.6 is 11.8 Å². The zero-order chi connectivity index (χ0) is 16.1. The highest BCUT2D eigenvalue weighted by atomic mass is 32.2. The Hall–Kier alpha value is -1.53. The van der Waals surface area contributed by atoms with Gasteiger partial charge in [-0.2, -0.15) is 11.8 Å². The van der Waals surface area contributed by atoms with Crippen LogP contribution in [-0.2, 0) is 9.59 Å². The van der Waals surface area contributed by atoms with Crippen LogP contribution in [0.25, 0.3) is 0 Å². The lowest BCUT2D eigenvalue weighted by molar-refractivity contribution is -0.119. The first-order valence-electron chi connectivity index (χ1n) is 8.24. The Balaban J connectivity index is 1.60. The molecule has 3 rings (SSSR count). The van der Waals surface area contributed by atoms with Gasteiger partial charge in [0, 0.05) is 54.9 Å². The molecule has 0 aliphatic carbocycles. The van der Waals surface area contributed by atoms with Crippen molar-refractivity contribution in [3.8, 4) is 0 Å². The lowest BCUT2D eigenvalue weighted by Crippen LogP contribution is -2.39. The Morgan fingerprint density at radius 3 is 3.09 bits per heavy atom. The predicted octanol–water partition coefficient (Wildman–Crippen LogP) is 2.24. The first-order valence-corrected chi connectivity index (χ1v) is 9.39. The zero-order valence-electron chi connectivity index (χ0n) is 13.2. The van der Waals surface area contributed by atoms with Crippen LogP contribution in [0.4, 0.5) is 11.4 Å². The molecule has 2 N–H and O–H groups in total. The number of carbonyl (C=O) groups excluding carboxylic acids is 2. The minimum Gasteiger partial charge on any atom is -0.326 e. The van der Waals surface area contributed by atoms with E-state index in [1.807, 2.05) is 40.9 Å². The molecule has 124 valence electrons. The van der Waals surface area contributed by atoms with Crippen molar-refractivity contribution in [3.05, 3.63) is 24.3 Å². The molecule has 0 spiro atoms. The number of hydrogen-bond donors (Lipinski definition) is 2. The van der Waals surface area contributed by atoms with E-state index in [-0.39, 0.29) is 17.9 Å². The van der Waals surface area contributed by atoms with E-state index in [2.05, 4.69) is 10.6 Å². The normalized spacial score (nSPS) is 22.0. The van der Waals surface area contributed by atoms with Gasteiger partial charge in [-0.25, -0.2) is 0 Å². The van der Waals surface area contributed by atoms with E-state index in [9.17, 15) is 9.59 Å². The molecule has 1 aromatic rings. The molecule has 5 nitrogen and oxygen atoms in total. The second kappa shape index (κ2) is 7.84. The second-order valence-electron chi connectivity index (χ2n) is 6.03. The summed E-state index contributed by atoms with van der Waals surface area (Å²) in [6.07, 6.45) is 3.10. The first-order chi connectivity index (χ1) is 11.2. The van der Waals surface area contributed by atoms with Crippen LogP contribution in [0.5, 0.6) is 0 Å². The molecule has 1 atom stereocenters. The van der Waals surface area contributed by atoms with Crippen molar-refractivity contribution in [1.29, 1.82) is 0 Å². The van der Waals surface area contributed by atoms with E-state index in [1.165, 1.54) is 0 Å². The number of benzene rings is 1. The van der Waals surface area contributed by atoms with E-state index in [1.54, 1.807) is 0 Å². The summed E-state index contributed by atoms with van der Waals surface area (Å²) in [5.74, 6) is 2.29. The molecule has 2 heterocycles. The fourth-order valence-corrected chi connectivity index (χ4v) is 3.97. The molecule has 0 aromatic heterocycles. The molecule has 23 heavy (non-hydrogen) atoms. The van der Waals surface area contributed by atoms with Crippen LogP contribution in [-0.4, -0.2) is 42.5 Å². The van der Waals surface area contributed by atoms with Gasteiger partial charge in [0.2, 0.25) is 11.8 Å². The molecule has 1 unspecified atom stereocenters. The highest BCUT2D eigenvalue weighted by molar-refractivity contribution is 7.99. The molecule has 2 aliphatic heterocycles. The van der Waals surface area contributed by atoms with Crippen LogP contribution in [0.15, 0.2) is 24.3 Å². The van der Waals surface area contributed by atoms with Gasteiger partial charge in [0.15, 0.2) is 0 Å². The summed E-state index contributed by atoms with van der Waals surface area (Å²) in [7, 11) is 0. The summed E-state index contributed by atoms with van der Waals surface area (Å²) in [5.41, 5.74) is 1.63. The van der Waals surface area contributed by atoms with Gasteiger partial charge in [-0.1, -0.05) is 6.07 Å². The molecule has 2 aliphatic rings. The Bertz CT molecular complexity index is 573. The maximum atomic E-state index is 12.2. The summed E-state index contributed by atoms with van der Waals surface area (Å²) >= 11 is 1.89. The summed E-state index contributed by atoms with van der Waals surface area (Å²) in [6.45, 7) is 1.73. The van der Waals surface area contributed by atoms with Crippen molar-refractivity contribution >= 4 is 35.0 Å². The SMILES string of the molecule is O=C(CC1CSCCN1)Nc1cccc(N2CCCCC2=O)c1. The average Bonchev–Trinajstić information content (AvgIpc) is 2.56. The second-order valence-corrected chi connectivity index (χ2v) is 7.18. The molecule has 2 saturated heterocycles. The van der Waals surface area contributed by atoms with Gasteiger partial charge in [-0.05, 0) is 31.0 Å². The predicted molar refractivity (Wildman–Crippen MR) is 95.0 cm³/mol. The standard InChI is InChI=1S/C17H23N3O2S/c21-16(11-14-12-23-9-7-18-14)19-13-4-3-5-15(10-13)20-8-2-1-6-17(20)22/h3-5,10,14,18H,1-2,6-9,11-12H2,(H,19,21). The Morgan fingerprint density at radius 2 is 2.30 bits per heavy atom. The number of nitrogens with one attached hydrogen (secondary N) is 2. The van der Waals surface area contributed by atoms with E-state index in [4.69, 9.17) is 0 Å². The summed E-state index contributed by atoms with van der Waals surface area (Å²) in [4.78, 5) is 26.0. The number of anilines is 2. The number of hydrogen-bond acceptors (Lipinski definition) is 4. The fourth-order valence-electron chi connectivity index (χ4n) is 3.02. The fraction of sp³-hybridized carbons (Fsp3) is 0.529. The third-order valence-corrected chi connectivity index (χ3v) is 5.33. The minimum atomic E-state index is 0.0205. The van der Waals surface area contributed by atoms with Crippen molar-refractivity contribution in [2.45, 2.75) is 31.7 Å². The number of amides is 2. The topological polar surface area (TPSA) is 61.4 Å². The van der Waals surface area contributed by atoms with Crippen molar-refractivity contribution in [1.82, 2.24) is 5.32 Å². The smallest absolute Gasteiger partial charge is 0.226 e. The van der Waals surface area contributed by atoms with Gasteiger partial charge >= 0.3 is 0 Å². The molecule has 0 saturated carbocycles. The van der Waals surface area contributed by atoms with Crippen molar-refractivity contribution < 1.29 is 9.59 Å². The quantitative estimate of drug-likeness (QED) is 0.887. The van der Waals surface area contributed by atoms with Crippen LogP contribution in [0.3, 0.4) is 0 Å². The third-order valence-electron chi connectivity index (χ3n) is 4.20. The molecule has 0 radical (unpaired) electrons. The molecule has 1 aromatic carbocycles. The van der Waals surface area contributed by atoms with E-state index >= 15 is 0 Å². The highest BCUT2D eigenvalue weighted by Crippen LogP contribution is 2.24. The molecule has 6 heteroatoms. The molecule has 0 bridgehead atoms. The number of nitrogens with zero attached hydrogens (tertiary/aromatic N) is 1. The van der Waals surface area contributed by atoms with Crippen molar-refractivity contribution in [3.63, 3.8) is 0 Å². The monoisotopic (exact) mass is 333 g/mol. The number of thioether (sulfide) groups is 1. The van der Waals surface area contributed by atoms with Crippen LogP contribution in [0.1, 0.15) is 25.7 Å². The molecular weight excluding hydrogens is 310 g/mol. The van der Waals surface area contributed by atoms with Crippen LogP contribution in [0.2, 0.25) is 0 Å². The third kappa shape index (κ3) is 4.48. The maximum absolute atomic E-state index is 12.2. The molecule has 2 fully saturated rings. The summed E-state index contributed by atoms with van der Waals surface area (Å²) in [5, 5.41) is 6.33. The lowest BCUT2D eigenvalue weighted by Gasteiger charge is -2.27. The van der Waals surface area contributed by atoms with E-state index in [0.29, 0.717) is 12.8 Å². The van der Waals surface area contributed by atoms with Crippen molar-refractivity contribution in [2.24, 2.45) is 0 Å². The van der Waals surface area contributed by atoms with Crippen molar-refractivity contribution in [2.75, 3.05) is 34.8 Å². The van der Waals surface area contributed by atoms with Gasteiger partial charge in [-0.3, -0.25) is 9.59 Å². The summed E-state index contributed by atoms with van der Waals surface area (Å²) < 4.78 is 0. The largest absolute Gasteiger partial charge is 0.326 e. The van der Waals surface area contributed by atoms with E-state index < -0.39 is 0 Å². The van der Waals surface area contributed by atoms with Gasteiger partial charge in [-0.15, -0.1) is 0 Å². The van der Waals surface area contributed by atoms with Gasteiger partial charge in [0.25, 0.3) is 0 Å².